The number of urea groups is 1. The smallest absolute Gasteiger partial charge is 0.315 e. The predicted octanol–water partition coefficient (Wildman–Crippen LogP) is 0.812. The fourth-order valence-corrected chi connectivity index (χ4v) is 1.65. The summed E-state index contributed by atoms with van der Waals surface area (Å²) in [5, 5.41) is 13.8. The average molecular weight is 280 g/mol. The summed E-state index contributed by atoms with van der Waals surface area (Å²) in [7, 11) is 3.77. The van der Waals surface area contributed by atoms with Crippen LogP contribution < -0.4 is 15.5 Å². The fraction of sp³-hybridized carbons (Fsp3) is 0.462. The van der Waals surface area contributed by atoms with Crippen molar-refractivity contribution < 1.29 is 14.7 Å². The van der Waals surface area contributed by atoms with E-state index in [1.165, 1.54) is 0 Å². The molecule has 0 aliphatic carbocycles. The van der Waals surface area contributed by atoms with Gasteiger partial charge in [0.1, 0.15) is 5.82 Å². The van der Waals surface area contributed by atoms with Gasteiger partial charge in [-0.05, 0) is 12.5 Å². The van der Waals surface area contributed by atoms with Gasteiger partial charge in [-0.25, -0.2) is 9.78 Å². The number of aromatic nitrogens is 1. The quantitative estimate of drug-likeness (QED) is 0.643. The molecule has 0 radical (unpaired) electrons. The van der Waals surface area contributed by atoms with Gasteiger partial charge >= 0.3 is 12.0 Å². The maximum Gasteiger partial charge on any atom is 0.315 e. The summed E-state index contributed by atoms with van der Waals surface area (Å²) in [6.45, 7) is 0.706. The van der Waals surface area contributed by atoms with Crippen molar-refractivity contribution in [1.82, 2.24) is 15.6 Å². The highest BCUT2D eigenvalue weighted by atomic mass is 16.4. The van der Waals surface area contributed by atoms with Crippen LogP contribution in [0.1, 0.15) is 18.4 Å². The van der Waals surface area contributed by atoms with Gasteiger partial charge in [0.15, 0.2) is 0 Å². The lowest BCUT2D eigenvalue weighted by Crippen LogP contribution is -2.36. The van der Waals surface area contributed by atoms with E-state index in [9.17, 15) is 9.59 Å². The highest BCUT2D eigenvalue weighted by Crippen LogP contribution is 2.13. The number of carbonyl (C=O) groups is 2. The van der Waals surface area contributed by atoms with Crippen molar-refractivity contribution in [3.05, 3.63) is 23.9 Å². The standard InChI is InChI=1S/C13H20N4O3/c1-17(2)12-10(5-3-7-14-12)9-16-13(20)15-8-4-6-11(18)19/h3,5,7H,4,6,8-9H2,1-2H3,(H,18,19)(H2,15,16,20). The molecule has 110 valence electrons. The number of hydrogen-bond acceptors (Lipinski definition) is 4. The third-order valence-electron chi connectivity index (χ3n) is 2.58. The van der Waals surface area contributed by atoms with Crippen molar-refractivity contribution in [3.8, 4) is 0 Å². The third-order valence-corrected chi connectivity index (χ3v) is 2.58. The molecule has 0 aliphatic rings. The van der Waals surface area contributed by atoms with Gasteiger partial charge in [-0.2, -0.15) is 0 Å². The summed E-state index contributed by atoms with van der Waals surface area (Å²) in [6, 6.07) is 3.39. The van der Waals surface area contributed by atoms with E-state index < -0.39 is 5.97 Å². The number of nitrogens with zero attached hydrogens (tertiary/aromatic N) is 2. The first-order valence-corrected chi connectivity index (χ1v) is 6.35. The van der Waals surface area contributed by atoms with Gasteiger partial charge < -0.3 is 20.6 Å². The van der Waals surface area contributed by atoms with Crippen molar-refractivity contribution >= 4 is 17.8 Å². The lowest BCUT2D eigenvalue weighted by atomic mass is 10.2. The number of hydrogen-bond donors (Lipinski definition) is 3. The van der Waals surface area contributed by atoms with Crippen molar-refractivity contribution in [3.63, 3.8) is 0 Å². The molecule has 0 unspecified atom stereocenters. The van der Waals surface area contributed by atoms with E-state index in [-0.39, 0.29) is 12.5 Å². The van der Waals surface area contributed by atoms with Gasteiger partial charge in [-0.3, -0.25) is 4.79 Å². The molecule has 1 heterocycles. The maximum atomic E-state index is 11.5. The molecule has 2 amide bonds. The summed E-state index contributed by atoms with van der Waals surface area (Å²) >= 11 is 0. The maximum absolute atomic E-state index is 11.5. The van der Waals surface area contributed by atoms with E-state index >= 15 is 0 Å². The Kier molecular flexibility index (Phi) is 6.28. The van der Waals surface area contributed by atoms with Crippen LogP contribution in [0.5, 0.6) is 0 Å². The van der Waals surface area contributed by atoms with Crippen LogP contribution in [0.25, 0.3) is 0 Å². The minimum absolute atomic E-state index is 0.0493. The Labute approximate surface area is 118 Å². The molecule has 0 saturated carbocycles. The number of nitrogens with one attached hydrogen (secondary N) is 2. The van der Waals surface area contributed by atoms with E-state index in [2.05, 4.69) is 15.6 Å². The van der Waals surface area contributed by atoms with Crippen LogP contribution in [-0.4, -0.2) is 42.7 Å². The molecule has 1 aromatic rings. The molecular weight excluding hydrogens is 260 g/mol. The second kappa shape index (κ2) is 7.98. The lowest BCUT2D eigenvalue weighted by molar-refractivity contribution is -0.137. The highest BCUT2D eigenvalue weighted by molar-refractivity contribution is 5.74. The molecule has 20 heavy (non-hydrogen) atoms. The van der Waals surface area contributed by atoms with Crippen LogP contribution in [-0.2, 0) is 11.3 Å². The van der Waals surface area contributed by atoms with Crippen LogP contribution in [0, 0.1) is 0 Å². The van der Waals surface area contributed by atoms with E-state index in [1.807, 2.05) is 31.1 Å². The molecule has 0 bridgehead atoms. The molecule has 1 aromatic heterocycles. The molecule has 3 N–H and O–H groups in total. The van der Waals surface area contributed by atoms with E-state index in [4.69, 9.17) is 5.11 Å². The number of rotatable bonds is 7. The van der Waals surface area contributed by atoms with Crippen LogP contribution in [0.15, 0.2) is 18.3 Å². The Bertz CT molecular complexity index is 463. The monoisotopic (exact) mass is 280 g/mol. The summed E-state index contributed by atoms with van der Waals surface area (Å²) < 4.78 is 0. The molecule has 0 fully saturated rings. The normalized spacial score (nSPS) is 9.90. The van der Waals surface area contributed by atoms with Crippen LogP contribution in [0.3, 0.4) is 0 Å². The number of carboxylic acid groups (broad SMARTS) is 1. The number of carbonyl (C=O) groups excluding carboxylic acids is 1. The molecular formula is C13H20N4O3. The summed E-state index contributed by atoms with van der Waals surface area (Å²) in [5.41, 5.74) is 0.915. The Morgan fingerprint density at radius 1 is 1.35 bits per heavy atom. The Morgan fingerprint density at radius 2 is 2.10 bits per heavy atom. The van der Waals surface area contributed by atoms with E-state index in [0.717, 1.165) is 11.4 Å². The summed E-state index contributed by atoms with van der Waals surface area (Å²) in [5.74, 6) is -0.0585. The zero-order chi connectivity index (χ0) is 15.0. The molecule has 0 saturated heterocycles. The van der Waals surface area contributed by atoms with Gasteiger partial charge in [0, 0.05) is 45.4 Å². The first-order valence-electron chi connectivity index (χ1n) is 6.35. The first-order chi connectivity index (χ1) is 9.50. The van der Waals surface area contributed by atoms with Gasteiger partial charge in [0.25, 0.3) is 0 Å². The minimum atomic E-state index is -0.863. The minimum Gasteiger partial charge on any atom is -0.481 e. The van der Waals surface area contributed by atoms with Gasteiger partial charge in [0.05, 0.1) is 0 Å². The second-order valence-corrected chi connectivity index (χ2v) is 4.49. The largest absolute Gasteiger partial charge is 0.481 e. The predicted molar refractivity (Wildman–Crippen MR) is 75.7 cm³/mol. The molecule has 0 atom stereocenters. The van der Waals surface area contributed by atoms with Gasteiger partial charge in [0.2, 0.25) is 0 Å². The van der Waals surface area contributed by atoms with Crippen molar-refractivity contribution in [2.75, 3.05) is 25.5 Å². The SMILES string of the molecule is CN(C)c1ncccc1CNC(=O)NCCCC(=O)O. The number of amides is 2. The second-order valence-electron chi connectivity index (χ2n) is 4.49. The number of pyridine rings is 1. The molecule has 1 rings (SSSR count). The Hall–Kier alpha value is -2.31. The fourth-order valence-electron chi connectivity index (χ4n) is 1.65. The van der Waals surface area contributed by atoms with Gasteiger partial charge in [-0.15, -0.1) is 0 Å². The number of carboxylic acids is 1. The van der Waals surface area contributed by atoms with Crippen molar-refractivity contribution in [2.45, 2.75) is 19.4 Å². The molecule has 7 nitrogen and oxygen atoms in total. The molecule has 7 heteroatoms. The number of aliphatic carboxylic acids is 1. The number of anilines is 1. The van der Waals surface area contributed by atoms with Crippen molar-refractivity contribution in [1.29, 1.82) is 0 Å². The molecule has 0 aliphatic heterocycles. The zero-order valence-corrected chi connectivity index (χ0v) is 11.7. The highest BCUT2D eigenvalue weighted by Gasteiger charge is 2.07. The Balaban J connectivity index is 2.36. The third kappa shape index (κ3) is 5.55. The van der Waals surface area contributed by atoms with Crippen LogP contribution >= 0.6 is 0 Å². The van der Waals surface area contributed by atoms with Crippen molar-refractivity contribution in [2.24, 2.45) is 0 Å². The summed E-state index contributed by atoms with van der Waals surface area (Å²) in [4.78, 5) is 28.0. The summed E-state index contributed by atoms with van der Waals surface area (Å²) in [6.07, 6.45) is 2.16. The first kappa shape index (κ1) is 15.7. The van der Waals surface area contributed by atoms with E-state index in [0.29, 0.717) is 19.5 Å². The zero-order valence-electron chi connectivity index (χ0n) is 11.7. The van der Waals surface area contributed by atoms with Crippen LogP contribution in [0.4, 0.5) is 10.6 Å². The average Bonchev–Trinajstić information content (AvgIpc) is 2.41. The topological polar surface area (TPSA) is 94.6 Å². The lowest BCUT2D eigenvalue weighted by Gasteiger charge is -2.16. The molecule has 0 aromatic carbocycles. The van der Waals surface area contributed by atoms with Gasteiger partial charge in [-0.1, -0.05) is 6.07 Å². The Morgan fingerprint density at radius 3 is 2.75 bits per heavy atom. The van der Waals surface area contributed by atoms with Crippen LogP contribution in [0.2, 0.25) is 0 Å². The molecule has 0 spiro atoms. The van der Waals surface area contributed by atoms with E-state index in [1.54, 1.807) is 6.20 Å².